The van der Waals surface area contributed by atoms with Gasteiger partial charge in [-0.1, -0.05) is 0 Å². The van der Waals surface area contributed by atoms with E-state index in [0.29, 0.717) is 31.0 Å². The molecule has 3 aliphatic heterocycles. The van der Waals surface area contributed by atoms with Crippen LogP contribution in [0.1, 0.15) is 72.1 Å². The Morgan fingerprint density at radius 3 is 2.09 bits per heavy atom. The molecule has 1 N–H and O–H groups in total. The van der Waals surface area contributed by atoms with Crippen molar-refractivity contribution in [3.05, 3.63) is 0 Å². The van der Waals surface area contributed by atoms with E-state index in [9.17, 15) is 13.2 Å². The second-order valence-corrected chi connectivity index (χ2v) is 13.9. The van der Waals surface area contributed by atoms with Crippen LogP contribution in [0.15, 0.2) is 0 Å². The van der Waals surface area contributed by atoms with E-state index < -0.39 is 10.0 Å². The Hall–Kier alpha value is -0.740. The van der Waals surface area contributed by atoms with E-state index in [0.717, 1.165) is 71.0 Å². The number of amides is 1. The van der Waals surface area contributed by atoms with Gasteiger partial charge in [-0.05, 0) is 98.1 Å². The molecule has 0 aromatic carbocycles. The molecule has 4 atom stereocenters. The summed E-state index contributed by atoms with van der Waals surface area (Å²) in [6.45, 7) is 10.1. The fraction of sp³-hybridized carbons (Fsp3) is 0.962. The third kappa shape index (κ3) is 5.59. The maximum Gasteiger partial charge on any atom is 0.228 e. The molecule has 0 aromatic heterocycles. The van der Waals surface area contributed by atoms with Gasteiger partial charge < -0.3 is 9.80 Å². The van der Waals surface area contributed by atoms with E-state index >= 15 is 0 Å². The standard InChI is InChI=1S/C26H49N5O3S/c1-6-29(7-2)26(32)25-19(3)27-31-17-14-21(18-24(25)31)20-12-15-30(16-13-20)35(33,34)23-10-8-22(9-11-23)28(4)5/h19-25,27H,6-18H2,1-5H3. The first kappa shape index (κ1) is 27.3. The highest BCUT2D eigenvalue weighted by Crippen LogP contribution is 2.40. The number of carbonyl (C=O) groups excluding carboxylic acids is 1. The molecule has 0 radical (unpaired) electrons. The molecular formula is C26H49N5O3S. The lowest BCUT2D eigenvalue weighted by molar-refractivity contribution is -0.136. The van der Waals surface area contributed by atoms with Crippen LogP contribution in [-0.4, -0.2) is 104 Å². The zero-order chi connectivity index (χ0) is 25.3. The van der Waals surface area contributed by atoms with E-state index in [1.807, 2.05) is 9.21 Å². The van der Waals surface area contributed by atoms with Crippen LogP contribution < -0.4 is 5.43 Å². The monoisotopic (exact) mass is 511 g/mol. The average Bonchev–Trinajstić information content (AvgIpc) is 3.19. The molecule has 202 valence electrons. The first-order chi connectivity index (χ1) is 16.7. The Morgan fingerprint density at radius 2 is 1.51 bits per heavy atom. The topological polar surface area (TPSA) is 76.2 Å². The minimum absolute atomic E-state index is 0.00969. The molecule has 8 nitrogen and oxygen atoms in total. The predicted molar refractivity (Wildman–Crippen MR) is 140 cm³/mol. The number of fused-ring (bicyclic) bond motifs is 1. The summed E-state index contributed by atoms with van der Waals surface area (Å²) in [5.74, 6) is 1.44. The van der Waals surface area contributed by atoms with Crippen molar-refractivity contribution < 1.29 is 13.2 Å². The third-order valence-corrected chi connectivity index (χ3v) is 12.1. The largest absolute Gasteiger partial charge is 0.343 e. The van der Waals surface area contributed by atoms with Crippen molar-refractivity contribution >= 4 is 15.9 Å². The number of hydrogen-bond acceptors (Lipinski definition) is 6. The molecule has 0 aromatic rings. The molecule has 1 aliphatic carbocycles. The van der Waals surface area contributed by atoms with Crippen molar-refractivity contribution in [3.63, 3.8) is 0 Å². The first-order valence-electron chi connectivity index (χ1n) is 14.1. The number of nitrogens with one attached hydrogen (secondary N) is 1. The normalized spacial score (nSPS) is 35.8. The highest BCUT2D eigenvalue weighted by atomic mass is 32.2. The molecule has 4 rings (SSSR count). The Balaban J connectivity index is 1.33. The lowest BCUT2D eigenvalue weighted by Crippen LogP contribution is -2.50. The van der Waals surface area contributed by atoms with Crippen LogP contribution in [0.2, 0.25) is 0 Å². The molecule has 1 amide bonds. The second kappa shape index (κ2) is 11.3. The molecule has 4 fully saturated rings. The molecule has 35 heavy (non-hydrogen) atoms. The summed E-state index contributed by atoms with van der Waals surface area (Å²) in [4.78, 5) is 17.5. The lowest BCUT2D eigenvalue weighted by atomic mass is 9.74. The Morgan fingerprint density at radius 1 is 0.914 bits per heavy atom. The van der Waals surface area contributed by atoms with Gasteiger partial charge in [-0.3, -0.25) is 10.2 Å². The first-order valence-corrected chi connectivity index (χ1v) is 15.6. The van der Waals surface area contributed by atoms with Crippen LogP contribution in [0.4, 0.5) is 0 Å². The van der Waals surface area contributed by atoms with Crippen molar-refractivity contribution in [2.75, 3.05) is 46.8 Å². The fourth-order valence-electron chi connectivity index (χ4n) is 7.43. The minimum atomic E-state index is -3.20. The van der Waals surface area contributed by atoms with Gasteiger partial charge in [0.15, 0.2) is 0 Å². The fourth-order valence-corrected chi connectivity index (χ4v) is 9.44. The van der Waals surface area contributed by atoms with E-state index in [1.54, 1.807) is 0 Å². The van der Waals surface area contributed by atoms with Gasteiger partial charge in [0.25, 0.3) is 0 Å². The Bertz CT molecular complexity index is 817. The van der Waals surface area contributed by atoms with Crippen LogP contribution in [0.5, 0.6) is 0 Å². The molecule has 0 spiro atoms. The van der Waals surface area contributed by atoms with Crippen molar-refractivity contribution in [1.82, 2.24) is 24.5 Å². The number of sulfonamides is 1. The summed E-state index contributed by atoms with van der Waals surface area (Å²) in [5, 5.41) is 2.13. The van der Waals surface area contributed by atoms with Gasteiger partial charge in [-0.25, -0.2) is 17.7 Å². The van der Waals surface area contributed by atoms with Gasteiger partial charge in [0.05, 0.1) is 11.2 Å². The summed E-state index contributed by atoms with van der Waals surface area (Å²) in [7, 11) is 0.993. The number of carbonyl (C=O) groups is 1. The summed E-state index contributed by atoms with van der Waals surface area (Å²) in [6.07, 6.45) is 7.63. The van der Waals surface area contributed by atoms with Gasteiger partial charge >= 0.3 is 0 Å². The average molecular weight is 512 g/mol. The molecular weight excluding hydrogens is 462 g/mol. The summed E-state index contributed by atoms with van der Waals surface area (Å²) >= 11 is 0. The number of piperidine rings is 2. The smallest absolute Gasteiger partial charge is 0.228 e. The van der Waals surface area contributed by atoms with Crippen LogP contribution in [0, 0.1) is 17.8 Å². The van der Waals surface area contributed by atoms with Crippen molar-refractivity contribution in [2.45, 2.75) is 95.5 Å². The van der Waals surface area contributed by atoms with Crippen LogP contribution in [-0.2, 0) is 14.8 Å². The van der Waals surface area contributed by atoms with E-state index in [4.69, 9.17) is 0 Å². The van der Waals surface area contributed by atoms with Crippen molar-refractivity contribution in [3.8, 4) is 0 Å². The molecule has 4 unspecified atom stereocenters. The zero-order valence-electron chi connectivity index (χ0n) is 22.7. The highest BCUT2D eigenvalue weighted by Gasteiger charge is 2.48. The predicted octanol–water partition coefficient (Wildman–Crippen LogP) is 2.37. The van der Waals surface area contributed by atoms with E-state index in [-0.39, 0.29) is 29.2 Å². The lowest BCUT2D eigenvalue weighted by Gasteiger charge is -2.43. The quantitative estimate of drug-likeness (QED) is 0.566. The number of hydrogen-bond donors (Lipinski definition) is 1. The van der Waals surface area contributed by atoms with Gasteiger partial charge in [0, 0.05) is 50.8 Å². The molecule has 1 saturated carbocycles. The number of hydrazine groups is 1. The van der Waals surface area contributed by atoms with Gasteiger partial charge in [0.1, 0.15) is 0 Å². The van der Waals surface area contributed by atoms with Crippen LogP contribution in [0.25, 0.3) is 0 Å². The van der Waals surface area contributed by atoms with Gasteiger partial charge in [-0.15, -0.1) is 0 Å². The molecule has 9 heteroatoms. The number of nitrogens with zero attached hydrogens (tertiary/aromatic N) is 4. The minimum Gasteiger partial charge on any atom is -0.343 e. The molecule has 3 saturated heterocycles. The Labute approximate surface area is 213 Å². The van der Waals surface area contributed by atoms with Crippen LogP contribution >= 0.6 is 0 Å². The zero-order valence-corrected chi connectivity index (χ0v) is 23.5. The van der Waals surface area contributed by atoms with Gasteiger partial charge in [-0.2, -0.15) is 0 Å². The van der Waals surface area contributed by atoms with Crippen molar-refractivity contribution in [2.24, 2.45) is 17.8 Å². The van der Waals surface area contributed by atoms with Gasteiger partial charge in [0.2, 0.25) is 15.9 Å². The SMILES string of the molecule is CCN(CC)C(=O)C1C(C)NN2CCC(C3CCN(S(=O)(=O)C4CCC(N(C)C)CC4)CC3)CC12. The van der Waals surface area contributed by atoms with E-state index in [1.165, 1.54) is 0 Å². The molecule has 3 heterocycles. The maximum absolute atomic E-state index is 13.4. The highest BCUT2D eigenvalue weighted by molar-refractivity contribution is 7.89. The third-order valence-electron chi connectivity index (χ3n) is 9.69. The molecule has 0 bridgehead atoms. The van der Waals surface area contributed by atoms with E-state index in [2.05, 4.69) is 50.2 Å². The molecule has 4 aliphatic rings. The maximum atomic E-state index is 13.4. The summed E-state index contributed by atoms with van der Waals surface area (Å²) in [5.41, 5.74) is 3.58. The summed E-state index contributed by atoms with van der Waals surface area (Å²) in [6, 6.07) is 0.940. The second-order valence-electron chi connectivity index (χ2n) is 11.7. The summed E-state index contributed by atoms with van der Waals surface area (Å²) < 4.78 is 28.6. The number of rotatable bonds is 7. The van der Waals surface area contributed by atoms with Crippen LogP contribution in [0.3, 0.4) is 0 Å². The van der Waals surface area contributed by atoms with Crippen molar-refractivity contribution in [1.29, 1.82) is 0 Å². The Kier molecular flexibility index (Phi) is 8.84.